The van der Waals surface area contributed by atoms with E-state index in [2.05, 4.69) is 15.6 Å². The number of carbonyl (C=O) groups is 2. The van der Waals surface area contributed by atoms with E-state index in [0.29, 0.717) is 16.3 Å². The number of hydrogen-bond acceptors (Lipinski definition) is 3. The first kappa shape index (κ1) is 17.9. The van der Waals surface area contributed by atoms with E-state index in [1.165, 1.54) is 0 Å². The fourth-order valence-electron chi connectivity index (χ4n) is 2.65. The Morgan fingerprint density at radius 3 is 2.50 bits per heavy atom. The lowest BCUT2D eigenvalue weighted by atomic mass is 10.0. The molecule has 26 heavy (non-hydrogen) atoms. The molecule has 3 rings (SSSR count). The van der Waals surface area contributed by atoms with Gasteiger partial charge >= 0.3 is 0 Å². The van der Waals surface area contributed by atoms with Gasteiger partial charge in [0.1, 0.15) is 0 Å². The van der Waals surface area contributed by atoms with Crippen molar-refractivity contribution in [3.05, 3.63) is 70.4 Å². The third-order valence-electron chi connectivity index (χ3n) is 3.87. The maximum atomic E-state index is 12.6. The normalized spacial score (nSPS) is 10.6. The number of aromatic nitrogens is 1. The van der Waals surface area contributed by atoms with Crippen molar-refractivity contribution in [2.75, 3.05) is 11.9 Å². The summed E-state index contributed by atoms with van der Waals surface area (Å²) in [5, 5.41) is 6.73. The fraction of sp³-hybridized carbons (Fsp3) is 0.150. The minimum atomic E-state index is -0.313. The molecule has 2 amide bonds. The summed E-state index contributed by atoms with van der Waals surface area (Å²) >= 11 is 5.82. The Kier molecular flexibility index (Phi) is 5.19. The predicted octanol–water partition coefficient (Wildman–Crippen LogP) is 3.87. The average molecular weight is 368 g/mol. The van der Waals surface area contributed by atoms with E-state index in [0.717, 1.165) is 22.2 Å². The quantitative estimate of drug-likeness (QED) is 0.735. The summed E-state index contributed by atoms with van der Waals surface area (Å²) in [5.41, 5.74) is 3.67. The predicted molar refractivity (Wildman–Crippen MR) is 104 cm³/mol. The monoisotopic (exact) mass is 367 g/mol. The highest BCUT2D eigenvalue weighted by molar-refractivity contribution is 6.30. The van der Waals surface area contributed by atoms with Gasteiger partial charge in [-0.15, -0.1) is 0 Å². The number of nitrogens with zero attached hydrogens (tertiary/aromatic N) is 1. The molecule has 0 bridgehead atoms. The molecule has 1 heterocycles. The minimum Gasteiger partial charge on any atom is -0.343 e. The second-order valence-corrected chi connectivity index (χ2v) is 6.51. The van der Waals surface area contributed by atoms with Crippen LogP contribution in [0.1, 0.15) is 21.6 Å². The molecule has 2 N–H and O–H groups in total. The van der Waals surface area contributed by atoms with Crippen LogP contribution in [0.25, 0.3) is 10.9 Å². The lowest BCUT2D eigenvalue weighted by Gasteiger charge is -2.10. The number of aryl methyl sites for hydroxylation is 2. The first-order valence-corrected chi connectivity index (χ1v) is 8.52. The number of pyridine rings is 1. The molecular formula is C20H18ClN3O2. The van der Waals surface area contributed by atoms with Gasteiger partial charge in [0.2, 0.25) is 5.91 Å². The Balaban J connectivity index is 1.72. The Hall–Kier alpha value is -2.92. The lowest BCUT2D eigenvalue weighted by molar-refractivity contribution is -0.115. The van der Waals surface area contributed by atoms with Gasteiger partial charge in [-0.25, -0.2) is 0 Å². The summed E-state index contributed by atoms with van der Waals surface area (Å²) in [7, 11) is 0. The number of amides is 2. The highest BCUT2D eigenvalue weighted by Gasteiger charge is 2.13. The molecule has 2 aromatic carbocycles. The molecule has 132 valence electrons. The number of carbonyl (C=O) groups excluding carboxylic acids is 2. The van der Waals surface area contributed by atoms with Crippen LogP contribution < -0.4 is 10.6 Å². The smallest absolute Gasteiger partial charge is 0.252 e. The molecule has 0 saturated heterocycles. The van der Waals surface area contributed by atoms with Crippen LogP contribution in [-0.4, -0.2) is 23.3 Å². The number of anilines is 1. The van der Waals surface area contributed by atoms with Gasteiger partial charge in [0.05, 0.1) is 17.6 Å². The van der Waals surface area contributed by atoms with Gasteiger partial charge in [0.15, 0.2) is 0 Å². The lowest BCUT2D eigenvalue weighted by Crippen LogP contribution is -2.33. The topological polar surface area (TPSA) is 71.1 Å². The average Bonchev–Trinajstić information content (AvgIpc) is 2.61. The van der Waals surface area contributed by atoms with Crippen molar-refractivity contribution in [2.45, 2.75) is 13.8 Å². The number of nitrogens with one attached hydrogen (secondary N) is 2. The summed E-state index contributed by atoms with van der Waals surface area (Å²) in [4.78, 5) is 29.1. The van der Waals surface area contributed by atoms with Crippen molar-refractivity contribution in [1.29, 1.82) is 0 Å². The number of rotatable bonds is 4. The molecule has 0 saturated carbocycles. The van der Waals surface area contributed by atoms with Crippen LogP contribution in [0.4, 0.5) is 5.69 Å². The van der Waals surface area contributed by atoms with E-state index in [9.17, 15) is 9.59 Å². The molecule has 0 spiro atoms. The maximum Gasteiger partial charge on any atom is 0.252 e. The maximum absolute atomic E-state index is 12.6. The molecule has 1 aromatic heterocycles. The van der Waals surface area contributed by atoms with E-state index < -0.39 is 0 Å². The van der Waals surface area contributed by atoms with Crippen LogP contribution >= 0.6 is 11.6 Å². The van der Waals surface area contributed by atoms with Gasteiger partial charge in [-0.05, 0) is 56.3 Å². The largest absolute Gasteiger partial charge is 0.343 e. The van der Waals surface area contributed by atoms with Gasteiger partial charge in [-0.1, -0.05) is 23.2 Å². The van der Waals surface area contributed by atoms with Crippen molar-refractivity contribution >= 4 is 40.0 Å². The Morgan fingerprint density at radius 1 is 1.04 bits per heavy atom. The first-order valence-electron chi connectivity index (χ1n) is 8.14. The second kappa shape index (κ2) is 7.54. The number of fused-ring (bicyclic) bond motifs is 1. The Bertz CT molecular complexity index is 984. The molecule has 0 atom stereocenters. The highest BCUT2D eigenvalue weighted by atomic mass is 35.5. The van der Waals surface area contributed by atoms with Crippen molar-refractivity contribution in [3.63, 3.8) is 0 Å². The summed E-state index contributed by atoms with van der Waals surface area (Å²) in [6, 6.07) is 14.3. The minimum absolute atomic E-state index is 0.129. The zero-order valence-corrected chi connectivity index (χ0v) is 15.2. The van der Waals surface area contributed by atoms with E-state index >= 15 is 0 Å². The number of benzene rings is 2. The molecule has 0 unspecified atom stereocenters. The van der Waals surface area contributed by atoms with E-state index in [1.807, 2.05) is 32.0 Å². The van der Waals surface area contributed by atoms with Crippen LogP contribution in [0, 0.1) is 13.8 Å². The molecule has 5 nitrogen and oxygen atoms in total. The van der Waals surface area contributed by atoms with Crippen molar-refractivity contribution in [3.8, 4) is 0 Å². The second-order valence-electron chi connectivity index (χ2n) is 6.07. The number of hydrogen-bond donors (Lipinski definition) is 2. The van der Waals surface area contributed by atoms with Crippen molar-refractivity contribution < 1.29 is 9.59 Å². The SMILES string of the molecule is Cc1ccc2nc(C)cc(C(=O)NCC(=O)Nc3ccc(Cl)cc3)c2c1. The van der Waals surface area contributed by atoms with E-state index in [4.69, 9.17) is 11.6 Å². The molecule has 6 heteroatoms. The van der Waals surface area contributed by atoms with Crippen LogP contribution in [0.5, 0.6) is 0 Å². The fourth-order valence-corrected chi connectivity index (χ4v) is 2.78. The summed E-state index contributed by atoms with van der Waals surface area (Å²) < 4.78 is 0. The molecule has 0 aliphatic heterocycles. The van der Waals surface area contributed by atoms with Gasteiger partial charge in [-0.3, -0.25) is 14.6 Å². The zero-order chi connectivity index (χ0) is 18.7. The highest BCUT2D eigenvalue weighted by Crippen LogP contribution is 2.20. The summed E-state index contributed by atoms with van der Waals surface area (Å²) in [5.74, 6) is -0.621. The number of halogens is 1. The van der Waals surface area contributed by atoms with E-state index in [1.54, 1.807) is 30.3 Å². The summed E-state index contributed by atoms with van der Waals surface area (Å²) in [6.45, 7) is 3.67. The standard InChI is InChI=1S/C20H18ClN3O2/c1-12-3-8-18-16(9-12)17(10-13(2)23-18)20(26)22-11-19(25)24-15-6-4-14(21)5-7-15/h3-10H,11H2,1-2H3,(H,22,26)(H,24,25). The van der Waals surface area contributed by atoms with Gasteiger partial charge in [0.25, 0.3) is 5.91 Å². The summed E-state index contributed by atoms with van der Waals surface area (Å²) in [6.07, 6.45) is 0. The third kappa shape index (κ3) is 4.18. The first-order chi connectivity index (χ1) is 12.4. The van der Waals surface area contributed by atoms with Crippen molar-refractivity contribution in [1.82, 2.24) is 10.3 Å². The van der Waals surface area contributed by atoms with Crippen LogP contribution in [0.3, 0.4) is 0 Å². The van der Waals surface area contributed by atoms with E-state index in [-0.39, 0.29) is 18.4 Å². The van der Waals surface area contributed by atoms with Crippen LogP contribution in [0.15, 0.2) is 48.5 Å². The van der Waals surface area contributed by atoms with Crippen molar-refractivity contribution in [2.24, 2.45) is 0 Å². The Morgan fingerprint density at radius 2 is 1.77 bits per heavy atom. The van der Waals surface area contributed by atoms with Gasteiger partial charge in [0, 0.05) is 21.8 Å². The molecule has 0 aliphatic carbocycles. The van der Waals surface area contributed by atoms with Crippen LogP contribution in [0.2, 0.25) is 5.02 Å². The zero-order valence-electron chi connectivity index (χ0n) is 14.5. The van der Waals surface area contributed by atoms with Crippen LogP contribution in [-0.2, 0) is 4.79 Å². The van der Waals surface area contributed by atoms with Gasteiger partial charge in [-0.2, -0.15) is 0 Å². The Labute approximate surface area is 156 Å². The van der Waals surface area contributed by atoms with Gasteiger partial charge < -0.3 is 10.6 Å². The molecule has 0 radical (unpaired) electrons. The molecule has 0 fully saturated rings. The molecule has 0 aliphatic rings. The molecular weight excluding hydrogens is 350 g/mol. The third-order valence-corrected chi connectivity index (χ3v) is 4.13. The molecule has 3 aromatic rings.